The largest absolute Gasteiger partial charge is 0.324 e. The molecule has 0 bridgehead atoms. The maximum atomic E-state index is 12.9. The van der Waals surface area contributed by atoms with Crippen molar-refractivity contribution in [2.45, 2.75) is 6.04 Å². The molecule has 0 radical (unpaired) electrons. The van der Waals surface area contributed by atoms with Crippen molar-refractivity contribution in [3.63, 3.8) is 0 Å². The van der Waals surface area contributed by atoms with E-state index in [0.717, 1.165) is 0 Å². The molecule has 1 atom stereocenters. The Bertz CT molecular complexity index is 361. The molecule has 0 amide bonds. The smallest absolute Gasteiger partial charge is 0.124 e. The van der Waals surface area contributed by atoms with Crippen LogP contribution in [0.25, 0.3) is 10.4 Å². The second-order valence-corrected chi connectivity index (χ2v) is 3.64. The van der Waals surface area contributed by atoms with Crippen molar-refractivity contribution in [3.8, 4) is 0 Å². The summed E-state index contributed by atoms with van der Waals surface area (Å²) in [6, 6.07) is 3.88. The predicted octanol–water partition coefficient (Wildman–Crippen LogP) is 3.32. The number of halogens is 3. The maximum absolute atomic E-state index is 12.9. The van der Waals surface area contributed by atoms with Crippen LogP contribution in [-0.4, -0.2) is 6.54 Å². The summed E-state index contributed by atoms with van der Waals surface area (Å²) in [7, 11) is 0. The number of azide groups is 1. The minimum Gasteiger partial charge on any atom is -0.324 e. The average molecular weight is 296 g/mol. The molecule has 0 spiro atoms. The third-order valence-electron chi connectivity index (χ3n) is 1.65. The first-order chi connectivity index (χ1) is 6.63. The van der Waals surface area contributed by atoms with Crippen molar-refractivity contribution in [3.05, 3.63) is 44.5 Å². The highest BCUT2D eigenvalue weighted by molar-refractivity contribution is 9.10. The van der Waals surface area contributed by atoms with E-state index in [9.17, 15) is 4.39 Å². The van der Waals surface area contributed by atoms with E-state index in [1.807, 2.05) is 0 Å². The third kappa shape index (κ3) is 4.48. The minimum atomic E-state index is -0.474. The number of hydrogen-bond donors (Lipinski definition) is 1. The lowest BCUT2D eigenvalue weighted by molar-refractivity contribution is 0.618. The zero-order valence-corrected chi connectivity index (χ0v) is 10.0. The van der Waals surface area contributed by atoms with Gasteiger partial charge in [-0.25, -0.2) is 4.39 Å². The molecule has 1 rings (SSSR count). The molecule has 82 valence electrons. The van der Waals surface area contributed by atoms with Gasteiger partial charge in [0.25, 0.3) is 0 Å². The molecular formula is C8H9BrClFN4. The van der Waals surface area contributed by atoms with Crippen LogP contribution in [0.2, 0.25) is 0 Å². The molecule has 1 aromatic carbocycles. The van der Waals surface area contributed by atoms with Crippen LogP contribution < -0.4 is 5.73 Å². The van der Waals surface area contributed by atoms with Crippen LogP contribution in [0.1, 0.15) is 11.6 Å². The van der Waals surface area contributed by atoms with Crippen LogP contribution >= 0.6 is 28.3 Å². The molecule has 0 fully saturated rings. The van der Waals surface area contributed by atoms with E-state index in [1.165, 1.54) is 12.1 Å². The van der Waals surface area contributed by atoms with Gasteiger partial charge in [0.15, 0.2) is 0 Å². The lowest BCUT2D eigenvalue weighted by atomic mass is 10.1. The first-order valence-corrected chi connectivity index (χ1v) is 4.65. The Morgan fingerprint density at radius 2 is 2.20 bits per heavy atom. The lowest BCUT2D eigenvalue weighted by Gasteiger charge is -2.09. The van der Waals surface area contributed by atoms with Crippen LogP contribution in [0.15, 0.2) is 27.8 Å². The maximum Gasteiger partial charge on any atom is 0.124 e. The van der Waals surface area contributed by atoms with E-state index >= 15 is 0 Å². The van der Waals surface area contributed by atoms with Crippen molar-refractivity contribution >= 4 is 28.3 Å². The lowest BCUT2D eigenvalue weighted by Crippen LogP contribution is -2.13. The summed E-state index contributed by atoms with van der Waals surface area (Å²) < 4.78 is 13.5. The normalized spacial score (nSPS) is 11.1. The Balaban J connectivity index is 0.00000196. The summed E-state index contributed by atoms with van der Waals surface area (Å²) in [5.41, 5.74) is 14.4. The van der Waals surface area contributed by atoms with Gasteiger partial charge in [0, 0.05) is 22.0 Å². The summed E-state index contributed by atoms with van der Waals surface area (Å²) in [4.78, 5) is 2.59. The van der Waals surface area contributed by atoms with Crippen molar-refractivity contribution in [2.24, 2.45) is 10.8 Å². The van der Waals surface area contributed by atoms with E-state index in [-0.39, 0.29) is 24.8 Å². The predicted molar refractivity (Wildman–Crippen MR) is 62.3 cm³/mol. The van der Waals surface area contributed by atoms with Gasteiger partial charge in [0.1, 0.15) is 5.82 Å². The number of rotatable bonds is 3. The molecule has 0 aromatic heterocycles. The Hall–Kier alpha value is -0.810. The number of nitrogens with zero attached hydrogens (tertiary/aromatic N) is 3. The summed E-state index contributed by atoms with van der Waals surface area (Å²) >= 11 is 3.15. The summed E-state index contributed by atoms with van der Waals surface area (Å²) in [5.74, 6) is -0.370. The Kier molecular flexibility index (Phi) is 6.27. The van der Waals surface area contributed by atoms with Crippen LogP contribution in [-0.2, 0) is 0 Å². The standard InChI is InChI=1S/C8H8BrFN4.ClH/c9-6-1-5(2-7(10)3-6)8(11)4-13-14-12;/h1-3,8H,4,11H2;1H/t8-;/m1./s1. The second kappa shape index (κ2) is 6.63. The molecule has 0 saturated carbocycles. The van der Waals surface area contributed by atoms with E-state index in [1.54, 1.807) is 6.07 Å². The Labute approximate surface area is 101 Å². The monoisotopic (exact) mass is 294 g/mol. The SMILES string of the molecule is Cl.[N-]=[N+]=NC[C@@H](N)c1cc(F)cc(Br)c1. The molecule has 1 aromatic rings. The van der Waals surface area contributed by atoms with Crippen molar-refractivity contribution in [1.82, 2.24) is 0 Å². The van der Waals surface area contributed by atoms with E-state index in [0.29, 0.717) is 10.0 Å². The Morgan fingerprint density at radius 1 is 1.53 bits per heavy atom. The molecule has 2 N–H and O–H groups in total. The van der Waals surface area contributed by atoms with E-state index < -0.39 is 6.04 Å². The second-order valence-electron chi connectivity index (χ2n) is 2.72. The highest BCUT2D eigenvalue weighted by atomic mass is 79.9. The molecular weight excluding hydrogens is 286 g/mol. The van der Waals surface area contributed by atoms with Crippen molar-refractivity contribution < 1.29 is 4.39 Å². The highest BCUT2D eigenvalue weighted by Gasteiger charge is 2.06. The fraction of sp³-hybridized carbons (Fsp3) is 0.250. The molecule has 7 heteroatoms. The van der Waals surface area contributed by atoms with Gasteiger partial charge >= 0.3 is 0 Å². The average Bonchev–Trinajstić information content (AvgIpc) is 2.12. The van der Waals surface area contributed by atoms with E-state index in [4.69, 9.17) is 11.3 Å². The van der Waals surface area contributed by atoms with Gasteiger partial charge in [0.05, 0.1) is 0 Å². The van der Waals surface area contributed by atoms with Gasteiger partial charge in [-0.05, 0) is 29.3 Å². The molecule has 15 heavy (non-hydrogen) atoms. The Morgan fingerprint density at radius 3 is 2.73 bits per heavy atom. The molecule has 0 heterocycles. The van der Waals surface area contributed by atoms with Crippen molar-refractivity contribution in [2.75, 3.05) is 6.54 Å². The first kappa shape index (κ1) is 14.2. The van der Waals surface area contributed by atoms with Crippen LogP contribution in [0.4, 0.5) is 4.39 Å². The van der Waals surface area contributed by atoms with Crippen LogP contribution in [0, 0.1) is 5.82 Å². The highest BCUT2D eigenvalue weighted by Crippen LogP contribution is 2.19. The molecule has 0 saturated heterocycles. The summed E-state index contributed by atoms with van der Waals surface area (Å²) in [6.07, 6.45) is 0. The quantitative estimate of drug-likeness (QED) is 0.518. The topological polar surface area (TPSA) is 74.8 Å². The van der Waals surface area contributed by atoms with E-state index in [2.05, 4.69) is 26.0 Å². The molecule has 4 nitrogen and oxygen atoms in total. The fourth-order valence-electron chi connectivity index (χ4n) is 1.02. The van der Waals surface area contributed by atoms with Gasteiger partial charge in [-0.2, -0.15) is 0 Å². The van der Waals surface area contributed by atoms with Gasteiger partial charge in [-0.1, -0.05) is 21.0 Å². The minimum absolute atomic E-state index is 0. The zero-order chi connectivity index (χ0) is 10.6. The third-order valence-corrected chi connectivity index (χ3v) is 2.11. The summed E-state index contributed by atoms with van der Waals surface area (Å²) in [6.45, 7) is 0.117. The molecule has 0 aliphatic carbocycles. The van der Waals surface area contributed by atoms with Gasteiger partial charge in [-0.15, -0.1) is 12.4 Å². The number of hydrogen-bond acceptors (Lipinski definition) is 2. The number of nitrogens with two attached hydrogens (primary N) is 1. The van der Waals surface area contributed by atoms with Crippen molar-refractivity contribution in [1.29, 1.82) is 0 Å². The molecule has 0 aliphatic heterocycles. The first-order valence-electron chi connectivity index (χ1n) is 3.86. The van der Waals surface area contributed by atoms with Gasteiger partial charge < -0.3 is 5.73 Å². The molecule has 0 unspecified atom stereocenters. The molecule has 0 aliphatic rings. The van der Waals surface area contributed by atoms with Gasteiger partial charge in [-0.3, -0.25) is 0 Å². The fourth-order valence-corrected chi connectivity index (χ4v) is 1.50. The number of benzene rings is 1. The van der Waals surface area contributed by atoms with Gasteiger partial charge in [0.2, 0.25) is 0 Å². The van der Waals surface area contributed by atoms with Crippen LogP contribution in [0.3, 0.4) is 0 Å². The zero-order valence-electron chi connectivity index (χ0n) is 7.60. The van der Waals surface area contributed by atoms with Crippen LogP contribution in [0.5, 0.6) is 0 Å². The summed E-state index contributed by atoms with van der Waals surface area (Å²) in [5, 5.41) is 3.33.